The van der Waals surface area contributed by atoms with Gasteiger partial charge < -0.3 is 9.15 Å². The Morgan fingerprint density at radius 3 is 2.52 bits per heavy atom. The molecule has 0 saturated carbocycles. The van der Waals surface area contributed by atoms with Crippen molar-refractivity contribution in [2.24, 2.45) is 0 Å². The van der Waals surface area contributed by atoms with Gasteiger partial charge >= 0.3 is 5.63 Å². The third kappa shape index (κ3) is 2.21. The minimum Gasteiger partial charge on any atom is -0.496 e. The predicted molar refractivity (Wildman–Crippen MR) is 82.2 cm³/mol. The van der Waals surface area contributed by atoms with Crippen LogP contribution in [0.25, 0.3) is 21.5 Å². The fourth-order valence-electron chi connectivity index (χ4n) is 2.25. The second-order valence-corrected chi connectivity index (χ2v) is 6.00. The monoisotopic (exact) mass is 302 g/mol. The molecule has 1 aromatic carbocycles. The largest absolute Gasteiger partial charge is 0.496 e. The third-order valence-corrected chi connectivity index (χ3v) is 4.39. The maximum Gasteiger partial charge on any atom is 0.339 e. The lowest BCUT2D eigenvalue weighted by Gasteiger charge is -2.10. The Balaban J connectivity index is 2.37. The fourth-order valence-corrected chi connectivity index (χ4v) is 2.93. The first-order chi connectivity index (χ1) is 10.0. The van der Waals surface area contributed by atoms with Crippen LogP contribution in [0.4, 0.5) is 0 Å². The average molecular weight is 302 g/mol. The molecule has 108 valence electrons. The molecule has 0 amide bonds. The standard InChI is InChI=1S/C15H14N2O3S/c1-7-8(2)15(18)20-12-6-10(5-11(19-4)13(7)12)14-17-16-9(3)21-14/h5-6H,1-4H3. The molecule has 21 heavy (non-hydrogen) atoms. The van der Waals surface area contributed by atoms with Gasteiger partial charge in [0.1, 0.15) is 21.3 Å². The topological polar surface area (TPSA) is 65.2 Å². The summed E-state index contributed by atoms with van der Waals surface area (Å²) in [4.78, 5) is 11.9. The van der Waals surface area contributed by atoms with Crippen molar-refractivity contribution in [3.63, 3.8) is 0 Å². The molecule has 3 rings (SSSR count). The summed E-state index contributed by atoms with van der Waals surface area (Å²) in [5.41, 5.74) is 2.48. The van der Waals surface area contributed by atoms with E-state index in [0.29, 0.717) is 16.9 Å². The van der Waals surface area contributed by atoms with E-state index in [2.05, 4.69) is 10.2 Å². The molecule has 0 aliphatic heterocycles. The number of fused-ring (bicyclic) bond motifs is 1. The van der Waals surface area contributed by atoms with Crippen LogP contribution < -0.4 is 10.4 Å². The Labute approximate surface area is 125 Å². The van der Waals surface area contributed by atoms with E-state index < -0.39 is 0 Å². The van der Waals surface area contributed by atoms with Crippen molar-refractivity contribution in [2.75, 3.05) is 7.11 Å². The quantitative estimate of drug-likeness (QED) is 0.680. The first-order valence-corrected chi connectivity index (χ1v) is 7.25. The Bertz CT molecular complexity index is 896. The van der Waals surface area contributed by atoms with Gasteiger partial charge in [-0.05, 0) is 38.5 Å². The zero-order valence-electron chi connectivity index (χ0n) is 12.2. The molecule has 5 nitrogen and oxygen atoms in total. The van der Waals surface area contributed by atoms with Gasteiger partial charge in [-0.25, -0.2) is 4.79 Å². The molecule has 6 heteroatoms. The summed E-state index contributed by atoms with van der Waals surface area (Å²) < 4.78 is 10.9. The Morgan fingerprint density at radius 2 is 1.90 bits per heavy atom. The highest BCUT2D eigenvalue weighted by Crippen LogP contribution is 2.35. The number of ether oxygens (including phenoxy) is 1. The van der Waals surface area contributed by atoms with E-state index in [1.807, 2.05) is 26.0 Å². The first kappa shape index (κ1) is 13.8. The van der Waals surface area contributed by atoms with Crippen LogP contribution in [-0.4, -0.2) is 17.3 Å². The molecule has 0 unspecified atom stereocenters. The molecular formula is C15H14N2O3S. The number of hydrogen-bond acceptors (Lipinski definition) is 6. The number of methoxy groups -OCH3 is 1. The van der Waals surface area contributed by atoms with Gasteiger partial charge in [0.2, 0.25) is 0 Å². The van der Waals surface area contributed by atoms with Crippen molar-refractivity contribution in [1.29, 1.82) is 0 Å². The summed E-state index contributed by atoms with van der Waals surface area (Å²) in [5, 5.41) is 10.6. The maximum atomic E-state index is 11.9. The van der Waals surface area contributed by atoms with E-state index in [1.165, 1.54) is 11.3 Å². The van der Waals surface area contributed by atoms with E-state index in [-0.39, 0.29) is 5.63 Å². The van der Waals surface area contributed by atoms with Crippen LogP contribution >= 0.6 is 11.3 Å². The molecule has 0 N–H and O–H groups in total. The van der Waals surface area contributed by atoms with Gasteiger partial charge in [0.25, 0.3) is 0 Å². The summed E-state index contributed by atoms with van der Waals surface area (Å²) >= 11 is 1.48. The van der Waals surface area contributed by atoms with Gasteiger partial charge in [-0.1, -0.05) is 11.3 Å². The second-order valence-electron chi connectivity index (χ2n) is 4.82. The molecule has 3 aromatic rings. The molecule has 0 spiro atoms. The highest BCUT2D eigenvalue weighted by Gasteiger charge is 2.15. The summed E-state index contributed by atoms with van der Waals surface area (Å²) in [6.45, 7) is 5.54. The summed E-state index contributed by atoms with van der Waals surface area (Å²) in [6, 6.07) is 3.71. The zero-order chi connectivity index (χ0) is 15.1. The maximum absolute atomic E-state index is 11.9. The van der Waals surface area contributed by atoms with E-state index in [4.69, 9.17) is 9.15 Å². The van der Waals surface area contributed by atoms with E-state index in [9.17, 15) is 4.79 Å². The van der Waals surface area contributed by atoms with Crippen LogP contribution in [-0.2, 0) is 0 Å². The molecule has 0 saturated heterocycles. The van der Waals surface area contributed by atoms with Crippen LogP contribution in [0, 0.1) is 20.8 Å². The lowest BCUT2D eigenvalue weighted by atomic mass is 10.0. The SMILES string of the molecule is COc1cc(-c2nnc(C)s2)cc2oc(=O)c(C)c(C)c12. The molecule has 0 fully saturated rings. The van der Waals surface area contributed by atoms with Gasteiger partial charge in [0.15, 0.2) is 0 Å². The fraction of sp³-hybridized carbons (Fsp3) is 0.267. The van der Waals surface area contributed by atoms with Crippen molar-refractivity contribution < 1.29 is 9.15 Å². The molecule has 2 aromatic heterocycles. The lowest BCUT2D eigenvalue weighted by molar-refractivity contribution is 0.418. The number of aromatic nitrogens is 2. The highest BCUT2D eigenvalue weighted by molar-refractivity contribution is 7.14. The lowest BCUT2D eigenvalue weighted by Crippen LogP contribution is -2.06. The van der Waals surface area contributed by atoms with Crippen molar-refractivity contribution >= 4 is 22.3 Å². The van der Waals surface area contributed by atoms with Crippen molar-refractivity contribution in [1.82, 2.24) is 10.2 Å². The average Bonchev–Trinajstić information content (AvgIpc) is 2.90. The molecule has 0 atom stereocenters. The second kappa shape index (κ2) is 4.96. The molecular weight excluding hydrogens is 288 g/mol. The van der Waals surface area contributed by atoms with Crippen LogP contribution in [0.15, 0.2) is 21.3 Å². The van der Waals surface area contributed by atoms with Gasteiger partial charge in [-0.15, -0.1) is 10.2 Å². The third-order valence-electron chi connectivity index (χ3n) is 3.51. The summed E-state index contributed by atoms with van der Waals surface area (Å²) in [5.74, 6) is 0.666. The number of aryl methyl sites for hydroxylation is 2. The van der Waals surface area contributed by atoms with Gasteiger partial charge in [-0.2, -0.15) is 0 Å². The van der Waals surface area contributed by atoms with Crippen LogP contribution in [0.2, 0.25) is 0 Å². The van der Waals surface area contributed by atoms with Gasteiger partial charge in [0.05, 0.1) is 12.5 Å². The zero-order valence-corrected chi connectivity index (χ0v) is 13.0. The Kier molecular flexibility index (Phi) is 3.25. The number of hydrogen-bond donors (Lipinski definition) is 0. The number of nitrogens with zero attached hydrogens (tertiary/aromatic N) is 2. The normalized spacial score (nSPS) is 11.0. The van der Waals surface area contributed by atoms with Gasteiger partial charge in [-0.3, -0.25) is 0 Å². The van der Waals surface area contributed by atoms with Crippen molar-refractivity contribution in [3.05, 3.63) is 38.7 Å². The van der Waals surface area contributed by atoms with Crippen LogP contribution in [0.3, 0.4) is 0 Å². The molecule has 0 aliphatic carbocycles. The predicted octanol–water partition coefficient (Wildman–Crippen LogP) is 3.25. The van der Waals surface area contributed by atoms with E-state index in [0.717, 1.165) is 26.5 Å². The minimum absolute atomic E-state index is 0.326. The molecule has 2 heterocycles. The first-order valence-electron chi connectivity index (χ1n) is 6.43. The highest BCUT2D eigenvalue weighted by atomic mass is 32.1. The van der Waals surface area contributed by atoms with E-state index in [1.54, 1.807) is 14.0 Å². The van der Waals surface area contributed by atoms with Crippen LogP contribution in [0.1, 0.15) is 16.1 Å². The minimum atomic E-state index is -0.326. The Morgan fingerprint density at radius 1 is 1.14 bits per heavy atom. The molecule has 0 aliphatic rings. The van der Waals surface area contributed by atoms with Crippen molar-refractivity contribution in [2.45, 2.75) is 20.8 Å². The number of benzene rings is 1. The molecule has 0 radical (unpaired) electrons. The van der Waals surface area contributed by atoms with Crippen LogP contribution in [0.5, 0.6) is 5.75 Å². The summed E-state index contributed by atoms with van der Waals surface area (Å²) in [6.07, 6.45) is 0. The van der Waals surface area contributed by atoms with Crippen molar-refractivity contribution in [3.8, 4) is 16.3 Å². The Hall–Kier alpha value is -2.21. The molecule has 0 bridgehead atoms. The van der Waals surface area contributed by atoms with Gasteiger partial charge in [0, 0.05) is 11.1 Å². The summed E-state index contributed by atoms with van der Waals surface area (Å²) in [7, 11) is 1.60. The van der Waals surface area contributed by atoms with E-state index >= 15 is 0 Å². The smallest absolute Gasteiger partial charge is 0.339 e. The number of rotatable bonds is 2.